The third-order valence-electron chi connectivity index (χ3n) is 4.30. The fourth-order valence-corrected chi connectivity index (χ4v) is 3.72. The summed E-state index contributed by atoms with van der Waals surface area (Å²) in [6.45, 7) is 2.00. The van der Waals surface area contributed by atoms with E-state index in [1.165, 1.54) is 4.88 Å². The zero-order valence-electron chi connectivity index (χ0n) is 14.2. The molecule has 1 atom stereocenters. The molecule has 8 heteroatoms. The van der Waals surface area contributed by atoms with E-state index in [2.05, 4.69) is 21.3 Å². The molecule has 0 aromatic carbocycles. The van der Waals surface area contributed by atoms with E-state index >= 15 is 0 Å². The van der Waals surface area contributed by atoms with E-state index in [1.807, 2.05) is 18.2 Å². The van der Waals surface area contributed by atoms with Crippen molar-refractivity contribution in [1.82, 2.24) is 14.5 Å². The molecule has 0 N–H and O–H groups in total. The van der Waals surface area contributed by atoms with Gasteiger partial charge in [0.2, 0.25) is 5.95 Å². The van der Waals surface area contributed by atoms with E-state index in [9.17, 15) is 4.79 Å². The molecular formula is C18H19ClN4O2S. The molecule has 1 fully saturated rings. The second kappa shape index (κ2) is 7.99. The van der Waals surface area contributed by atoms with Crippen LogP contribution in [0.1, 0.15) is 11.0 Å². The molecule has 0 spiro atoms. The third-order valence-corrected chi connectivity index (χ3v) is 5.26. The van der Waals surface area contributed by atoms with Gasteiger partial charge < -0.3 is 9.64 Å². The van der Waals surface area contributed by atoms with Crippen molar-refractivity contribution in [1.29, 1.82) is 0 Å². The molecule has 3 aromatic heterocycles. The number of hydrogen-bond donors (Lipinski definition) is 0. The smallest absolute Gasteiger partial charge is 0.255 e. The molecule has 4 heterocycles. The van der Waals surface area contributed by atoms with E-state index in [-0.39, 0.29) is 24.1 Å². The Kier molecular flexibility index (Phi) is 5.70. The summed E-state index contributed by atoms with van der Waals surface area (Å²) in [6, 6.07) is 9.40. The number of halogens is 1. The number of nitrogens with zero attached hydrogens (tertiary/aromatic N) is 4. The Hall–Kier alpha value is -2.22. The quantitative estimate of drug-likeness (QED) is 0.688. The predicted octanol–water partition coefficient (Wildman–Crippen LogP) is 2.90. The van der Waals surface area contributed by atoms with Gasteiger partial charge in [-0.15, -0.1) is 23.7 Å². The summed E-state index contributed by atoms with van der Waals surface area (Å²) in [5, 5.41) is 2.05. The molecule has 0 radical (unpaired) electrons. The molecule has 1 saturated heterocycles. The Morgan fingerprint density at radius 2 is 2.08 bits per heavy atom. The Balaban J connectivity index is 0.00000196. The lowest BCUT2D eigenvalue weighted by molar-refractivity contribution is 0.0413. The Bertz CT molecular complexity index is 915. The van der Waals surface area contributed by atoms with Gasteiger partial charge in [-0.2, -0.15) is 0 Å². The van der Waals surface area contributed by atoms with Gasteiger partial charge in [-0.25, -0.2) is 4.98 Å². The number of anilines is 1. The highest BCUT2D eigenvalue weighted by Gasteiger charge is 2.25. The van der Waals surface area contributed by atoms with E-state index in [4.69, 9.17) is 9.72 Å². The highest BCUT2D eigenvalue weighted by atomic mass is 35.5. The van der Waals surface area contributed by atoms with Crippen molar-refractivity contribution in [3.8, 4) is 11.3 Å². The molecule has 1 unspecified atom stereocenters. The number of morpholine rings is 1. The lowest BCUT2D eigenvalue weighted by Crippen LogP contribution is -2.41. The average Bonchev–Trinajstić information content (AvgIpc) is 3.19. The molecule has 0 amide bonds. The largest absolute Gasteiger partial charge is 0.369 e. The van der Waals surface area contributed by atoms with Gasteiger partial charge in [0, 0.05) is 42.5 Å². The van der Waals surface area contributed by atoms with Gasteiger partial charge in [-0.1, -0.05) is 6.07 Å². The summed E-state index contributed by atoms with van der Waals surface area (Å²) in [5.41, 5.74) is 1.48. The number of aromatic nitrogens is 3. The SMILES string of the molecule is Cl.Cn1c(N2CCOC(c3cccs3)C2)nc(-c2ccncc2)cc1=O. The van der Waals surface area contributed by atoms with Crippen molar-refractivity contribution in [2.75, 3.05) is 24.6 Å². The van der Waals surface area contributed by atoms with Crippen molar-refractivity contribution in [3.63, 3.8) is 0 Å². The monoisotopic (exact) mass is 390 g/mol. The van der Waals surface area contributed by atoms with Crippen molar-refractivity contribution < 1.29 is 4.74 Å². The van der Waals surface area contributed by atoms with Gasteiger partial charge in [-0.3, -0.25) is 14.3 Å². The minimum Gasteiger partial charge on any atom is -0.369 e. The number of hydrogen-bond acceptors (Lipinski definition) is 6. The van der Waals surface area contributed by atoms with Crippen LogP contribution in [0, 0.1) is 0 Å². The summed E-state index contributed by atoms with van der Waals surface area (Å²) in [6.07, 6.45) is 3.42. The van der Waals surface area contributed by atoms with Gasteiger partial charge in [-0.05, 0) is 23.6 Å². The van der Waals surface area contributed by atoms with Crippen molar-refractivity contribution in [2.45, 2.75) is 6.10 Å². The van der Waals surface area contributed by atoms with Gasteiger partial charge >= 0.3 is 0 Å². The molecule has 1 aliphatic heterocycles. The van der Waals surface area contributed by atoms with Crippen LogP contribution in [0.25, 0.3) is 11.3 Å². The number of thiophene rings is 1. The first-order valence-corrected chi connectivity index (χ1v) is 8.99. The number of pyridine rings is 1. The summed E-state index contributed by atoms with van der Waals surface area (Å²) < 4.78 is 7.50. The fraction of sp³-hybridized carbons (Fsp3) is 0.278. The maximum Gasteiger partial charge on any atom is 0.255 e. The Morgan fingerprint density at radius 3 is 2.81 bits per heavy atom. The summed E-state index contributed by atoms with van der Waals surface area (Å²) >= 11 is 1.69. The van der Waals surface area contributed by atoms with Crippen LogP contribution in [0.3, 0.4) is 0 Å². The standard InChI is InChI=1S/C18H18N4O2S.ClH/c1-21-17(23)11-14(13-4-6-19-7-5-13)20-18(21)22-8-9-24-15(12-22)16-3-2-10-25-16;/h2-7,10-11,15H,8-9,12H2,1H3;1H. The molecular weight excluding hydrogens is 372 g/mol. The van der Waals surface area contributed by atoms with Gasteiger partial charge in [0.25, 0.3) is 5.56 Å². The third kappa shape index (κ3) is 3.65. The normalized spacial score (nSPS) is 17.0. The maximum atomic E-state index is 12.4. The van der Waals surface area contributed by atoms with Crippen LogP contribution in [0.15, 0.2) is 52.9 Å². The minimum absolute atomic E-state index is 0. The van der Waals surface area contributed by atoms with Crippen molar-refractivity contribution in [2.24, 2.45) is 7.05 Å². The topological polar surface area (TPSA) is 60.2 Å². The Labute approximate surface area is 161 Å². The van der Waals surface area contributed by atoms with Crippen molar-refractivity contribution in [3.05, 3.63) is 63.3 Å². The lowest BCUT2D eigenvalue weighted by atomic mass is 10.2. The molecule has 1 aliphatic rings. The fourth-order valence-electron chi connectivity index (χ4n) is 2.96. The van der Waals surface area contributed by atoms with Crippen LogP contribution in [-0.4, -0.2) is 34.2 Å². The van der Waals surface area contributed by atoms with E-state index in [0.29, 0.717) is 31.3 Å². The molecule has 136 valence electrons. The zero-order chi connectivity index (χ0) is 17.2. The van der Waals surface area contributed by atoms with Crippen LogP contribution in [0.4, 0.5) is 5.95 Å². The van der Waals surface area contributed by atoms with Crippen LogP contribution in [0.2, 0.25) is 0 Å². The second-order valence-corrected chi connectivity index (χ2v) is 6.87. The number of ether oxygens (including phenoxy) is 1. The Morgan fingerprint density at radius 1 is 1.27 bits per heavy atom. The summed E-state index contributed by atoms with van der Waals surface area (Å²) in [4.78, 5) is 24.5. The maximum absolute atomic E-state index is 12.4. The van der Waals surface area contributed by atoms with Crippen LogP contribution < -0.4 is 10.5 Å². The van der Waals surface area contributed by atoms with Crippen LogP contribution in [0.5, 0.6) is 0 Å². The second-order valence-electron chi connectivity index (χ2n) is 5.90. The molecule has 6 nitrogen and oxygen atoms in total. The highest BCUT2D eigenvalue weighted by molar-refractivity contribution is 7.10. The van der Waals surface area contributed by atoms with Crippen LogP contribution in [-0.2, 0) is 11.8 Å². The van der Waals surface area contributed by atoms with E-state index < -0.39 is 0 Å². The molecule has 0 bridgehead atoms. The van der Waals surface area contributed by atoms with Gasteiger partial charge in [0.15, 0.2) is 0 Å². The predicted molar refractivity (Wildman–Crippen MR) is 105 cm³/mol. The number of rotatable bonds is 3. The first-order chi connectivity index (χ1) is 12.2. The van der Waals surface area contributed by atoms with E-state index in [0.717, 1.165) is 5.56 Å². The highest BCUT2D eigenvalue weighted by Crippen LogP contribution is 2.28. The first kappa shape index (κ1) is 18.6. The molecule has 0 aliphatic carbocycles. The van der Waals surface area contributed by atoms with Gasteiger partial charge in [0.05, 0.1) is 18.8 Å². The summed E-state index contributed by atoms with van der Waals surface area (Å²) in [5.74, 6) is 0.671. The summed E-state index contributed by atoms with van der Waals surface area (Å²) in [7, 11) is 1.76. The zero-order valence-corrected chi connectivity index (χ0v) is 15.9. The lowest BCUT2D eigenvalue weighted by Gasteiger charge is -2.34. The molecule has 4 rings (SSSR count). The van der Waals surface area contributed by atoms with Crippen LogP contribution >= 0.6 is 23.7 Å². The minimum atomic E-state index is -0.0732. The first-order valence-electron chi connectivity index (χ1n) is 8.11. The van der Waals surface area contributed by atoms with E-state index in [1.54, 1.807) is 41.4 Å². The molecule has 0 saturated carbocycles. The molecule has 3 aromatic rings. The van der Waals surface area contributed by atoms with Gasteiger partial charge in [0.1, 0.15) is 6.10 Å². The average molecular weight is 391 g/mol. The molecule has 26 heavy (non-hydrogen) atoms. The van der Waals surface area contributed by atoms with Crippen molar-refractivity contribution >= 4 is 29.7 Å².